The van der Waals surface area contributed by atoms with Crippen LogP contribution < -0.4 is 10.1 Å². The molecular formula is C18H16N2O3S. The molecule has 122 valence electrons. The third-order valence-electron chi connectivity index (χ3n) is 3.40. The number of methoxy groups -OCH3 is 1. The van der Waals surface area contributed by atoms with E-state index in [0.29, 0.717) is 16.5 Å². The van der Waals surface area contributed by atoms with E-state index in [-0.39, 0.29) is 11.0 Å². The summed E-state index contributed by atoms with van der Waals surface area (Å²) < 4.78 is 5.03. The predicted octanol–water partition coefficient (Wildman–Crippen LogP) is 4.24. The normalized spacial score (nSPS) is 17.3. The van der Waals surface area contributed by atoms with E-state index in [4.69, 9.17) is 4.74 Å². The minimum absolute atomic E-state index is 0.0475. The highest BCUT2D eigenvalue weighted by molar-refractivity contribution is 8.18. The number of aliphatic imine (C=N–C) groups is 1. The van der Waals surface area contributed by atoms with Gasteiger partial charge in [-0.15, -0.1) is 0 Å². The van der Waals surface area contributed by atoms with Crippen LogP contribution in [0.1, 0.15) is 11.1 Å². The van der Waals surface area contributed by atoms with Crippen molar-refractivity contribution in [2.24, 2.45) is 4.99 Å². The van der Waals surface area contributed by atoms with E-state index >= 15 is 0 Å². The fourth-order valence-electron chi connectivity index (χ4n) is 2.29. The Morgan fingerprint density at radius 2 is 2.08 bits per heavy atom. The number of ether oxygens (including phenoxy) is 1. The van der Waals surface area contributed by atoms with Gasteiger partial charge in [0, 0.05) is 0 Å². The number of rotatable bonds is 3. The average Bonchev–Trinajstić information content (AvgIpc) is 2.87. The Bertz CT molecular complexity index is 859. The highest BCUT2D eigenvalue weighted by Crippen LogP contribution is 2.31. The van der Waals surface area contributed by atoms with Crippen molar-refractivity contribution in [1.29, 1.82) is 0 Å². The lowest BCUT2D eigenvalue weighted by atomic mass is 10.2. The van der Waals surface area contributed by atoms with Crippen molar-refractivity contribution in [2.75, 3.05) is 7.11 Å². The van der Waals surface area contributed by atoms with E-state index in [1.165, 1.54) is 7.11 Å². The zero-order valence-corrected chi connectivity index (χ0v) is 14.1. The minimum Gasteiger partial charge on any atom is -0.504 e. The van der Waals surface area contributed by atoms with Crippen molar-refractivity contribution in [3.63, 3.8) is 0 Å². The van der Waals surface area contributed by atoms with Gasteiger partial charge in [-0.2, -0.15) is 0 Å². The molecule has 5 nitrogen and oxygen atoms in total. The summed E-state index contributed by atoms with van der Waals surface area (Å²) in [6.07, 6.45) is 1.80. The first-order valence-electron chi connectivity index (χ1n) is 7.28. The number of hydrogen-bond acceptors (Lipinski definition) is 5. The summed E-state index contributed by atoms with van der Waals surface area (Å²) in [6.45, 7) is 1.99. The molecule has 0 saturated carbocycles. The van der Waals surface area contributed by atoms with Gasteiger partial charge in [-0.1, -0.05) is 18.2 Å². The number of hydrogen-bond donors (Lipinski definition) is 2. The standard InChI is InChI=1S/C18H16N2O3S/c1-11-4-3-5-13(8-11)19-17-16(24-18(22)20-17)10-12-6-7-15(23-2)14(21)9-12/h3-10,21H,1-2H3,(H,19,20,22)/b16-10-. The third kappa shape index (κ3) is 3.60. The van der Waals surface area contributed by atoms with Crippen molar-refractivity contribution in [3.8, 4) is 11.5 Å². The van der Waals surface area contributed by atoms with Crippen LogP contribution in [0.25, 0.3) is 6.08 Å². The zero-order valence-electron chi connectivity index (χ0n) is 13.2. The van der Waals surface area contributed by atoms with E-state index in [1.54, 1.807) is 24.3 Å². The highest BCUT2D eigenvalue weighted by atomic mass is 32.2. The number of nitrogens with one attached hydrogen (secondary N) is 1. The Morgan fingerprint density at radius 3 is 2.79 bits per heavy atom. The monoisotopic (exact) mass is 340 g/mol. The summed E-state index contributed by atoms with van der Waals surface area (Å²) in [6, 6.07) is 12.8. The van der Waals surface area contributed by atoms with E-state index in [2.05, 4.69) is 10.3 Å². The molecule has 0 bridgehead atoms. The van der Waals surface area contributed by atoms with Crippen molar-refractivity contribution in [1.82, 2.24) is 5.32 Å². The second-order valence-electron chi connectivity index (χ2n) is 5.25. The number of amidine groups is 1. The van der Waals surface area contributed by atoms with Gasteiger partial charge >= 0.3 is 0 Å². The van der Waals surface area contributed by atoms with Crippen molar-refractivity contribution in [2.45, 2.75) is 6.92 Å². The Hall–Kier alpha value is -2.73. The Balaban J connectivity index is 1.95. The Morgan fingerprint density at radius 1 is 1.25 bits per heavy atom. The van der Waals surface area contributed by atoms with Gasteiger partial charge in [-0.05, 0) is 60.2 Å². The maximum absolute atomic E-state index is 11.7. The van der Waals surface area contributed by atoms with Crippen LogP contribution >= 0.6 is 11.8 Å². The zero-order chi connectivity index (χ0) is 17.1. The van der Waals surface area contributed by atoms with Gasteiger partial charge in [0.15, 0.2) is 11.5 Å². The molecule has 24 heavy (non-hydrogen) atoms. The van der Waals surface area contributed by atoms with Crippen LogP contribution in [0, 0.1) is 6.92 Å². The molecular weight excluding hydrogens is 324 g/mol. The van der Waals surface area contributed by atoms with Crippen LogP contribution in [0.15, 0.2) is 52.4 Å². The molecule has 1 saturated heterocycles. The van der Waals surface area contributed by atoms with E-state index in [1.807, 2.05) is 31.2 Å². The molecule has 0 unspecified atom stereocenters. The first kappa shape index (κ1) is 16.1. The lowest BCUT2D eigenvalue weighted by Gasteiger charge is -2.04. The van der Waals surface area contributed by atoms with Crippen LogP contribution in [0.5, 0.6) is 11.5 Å². The Labute approximate surface area is 144 Å². The summed E-state index contributed by atoms with van der Waals surface area (Å²) in [4.78, 5) is 17.0. The fourth-order valence-corrected chi connectivity index (χ4v) is 3.02. The maximum Gasteiger partial charge on any atom is 0.289 e. The molecule has 1 aliphatic heterocycles. The number of aryl methyl sites for hydroxylation is 1. The van der Waals surface area contributed by atoms with Crippen molar-refractivity contribution in [3.05, 3.63) is 58.5 Å². The number of benzene rings is 2. The lowest BCUT2D eigenvalue weighted by Crippen LogP contribution is -2.18. The van der Waals surface area contributed by atoms with Gasteiger partial charge in [0.05, 0.1) is 17.7 Å². The molecule has 0 atom stereocenters. The molecule has 0 aliphatic carbocycles. The number of aromatic hydroxyl groups is 1. The van der Waals surface area contributed by atoms with E-state index < -0.39 is 0 Å². The molecule has 1 heterocycles. The number of phenolic OH excluding ortho intramolecular Hbond substituents is 1. The molecule has 6 heteroatoms. The first-order chi connectivity index (χ1) is 11.5. The number of thioether (sulfide) groups is 1. The predicted molar refractivity (Wildman–Crippen MR) is 97.0 cm³/mol. The number of phenols is 1. The largest absolute Gasteiger partial charge is 0.504 e. The molecule has 0 spiro atoms. The molecule has 3 rings (SSSR count). The molecule has 1 fully saturated rings. The third-order valence-corrected chi connectivity index (χ3v) is 4.22. The second kappa shape index (κ2) is 6.80. The average molecular weight is 340 g/mol. The Kier molecular flexibility index (Phi) is 4.57. The maximum atomic E-state index is 11.7. The van der Waals surface area contributed by atoms with Crippen molar-refractivity contribution >= 4 is 34.6 Å². The number of nitrogens with zero attached hydrogens (tertiary/aromatic N) is 1. The molecule has 1 aliphatic rings. The van der Waals surface area contributed by atoms with E-state index in [9.17, 15) is 9.90 Å². The SMILES string of the molecule is COc1ccc(/C=C2\SC(=O)NC2=Nc2cccc(C)c2)cc1O. The molecule has 2 N–H and O–H groups in total. The van der Waals surface area contributed by atoms with Crippen LogP contribution in [0.2, 0.25) is 0 Å². The van der Waals surface area contributed by atoms with Gasteiger partial charge in [-0.3, -0.25) is 4.79 Å². The van der Waals surface area contributed by atoms with Gasteiger partial charge < -0.3 is 15.2 Å². The van der Waals surface area contributed by atoms with Crippen LogP contribution in [-0.2, 0) is 0 Å². The minimum atomic E-state index is -0.176. The second-order valence-corrected chi connectivity index (χ2v) is 6.27. The van der Waals surface area contributed by atoms with E-state index in [0.717, 1.165) is 28.6 Å². The smallest absolute Gasteiger partial charge is 0.289 e. The van der Waals surface area contributed by atoms with Crippen LogP contribution in [-0.4, -0.2) is 23.3 Å². The fraction of sp³-hybridized carbons (Fsp3) is 0.111. The molecule has 2 aromatic rings. The summed E-state index contributed by atoms with van der Waals surface area (Å²) in [5.74, 6) is 0.955. The number of carbonyl (C=O) groups excluding carboxylic acids is 1. The van der Waals surface area contributed by atoms with Crippen LogP contribution in [0.3, 0.4) is 0 Å². The highest BCUT2D eigenvalue weighted by Gasteiger charge is 2.23. The van der Waals surface area contributed by atoms with Crippen LogP contribution in [0.4, 0.5) is 10.5 Å². The molecule has 2 aromatic carbocycles. The summed E-state index contributed by atoms with van der Waals surface area (Å²) in [5, 5.41) is 12.4. The van der Waals surface area contributed by atoms with Gasteiger partial charge in [0.25, 0.3) is 5.24 Å². The summed E-state index contributed by atoms with van der Waals surface area (Å²) >= 11 is 1.08. The number of carbonyl (C=O) groups is 1. The number of amides is 1. The molecule has 0 radical (unpaired) electrons. The first-order valence-corrected chi connectivity index (χ1v) is 8.10. The van der Waals surface area contributed by atoms with Gasteiger partial charge in [0.1, 0.15) is 5.84 Å². The quantitative estimate of drug-likeness (QED) is 0.877. The topological polar surface area (TPSA) is 70.9 Å². The molecule has 0 aromatic heterocycles. The lowest BCUT2D eigenvalue weighted by molar-refractivity contribution is 0.265. The van der Waals surface area contributed by atoms with Gasteiger partial charge in [-0.25, -0.2) is 4.99 Å². The van der Waals surface area contributed by atoms with Crippen molar-refractivity contribution < 1.29 is 14.6 Å². The van der Waals surface area contributed by atoms with Gasteiger partial charge in [0.2, 0.25) is 0 Å². The summed E-state index contributed by atoms with van der Waals surface area (Å²) in [5.41, 5.74) is 2.62. The molecule has 1 amide bonds. The summed E-state index contributed by atoms with van der Waals surface area (Å²) in [7, 11) is 1.50.